The molecule has 2 aliphatic heterocycles. The van der Waals surface area contributed by atoms with E-state index in [1.807, 2.05) is 9.80 Å². The van der Waals surface area contributed by atoms with Crippen LogP contribution in [0, 0.1) is 11.2 Å². The summed E-state index contributed by atoms with van der Waals surface area (Å²) in [6.07, 6.45) is 5.07. The Bertz CT molecular complexity index is 755. The fourth-order valence-corrected chi connectivity index (χ4v) is 5.70. The summed E-state index contributed by atoms with van der Waals surface area (Å²) in [6, 6.07) is 6.52. The van der Waals surface area contributed by atoms with E-state index in [1.165, 1.54) is 12.1 Å². The van der Waals surface area contributed by atoms with E-state index in [1.54, 1.807) is 19.1 Å². The van der Waals surface area contributed by atoms with E-state index in [9.17, 15) is 14.0 Å². The molecule has 5 nitrogen and oxygen atoms in total. The standard InChI is InChI=1S/C21H27FN2O3/c1-14(25)24-15-11-21(2)18(9-5-6-10-19(21)24)23(12-15)20(26)13-27-17-8-4-3-7-16(17)22/h3-4,7-8,15,18-19H,5-6,9-13H2,1-2H3/t15-,18+,19-,21+/m0/s1. The molecular weight excluding hydrogens is 347 g/mol. The predicted molar refractivity (Wildman–Crippen MR) is 98.7 cm³/mol. The van der Waals surface area contributed by atoms with Crippen molar-refractivity contribution in [3.05, 3.63) is 30.1 Å². The highest BCUT2D eigenvalue weighted by Crippen LogP contribution is 2.53. The second-order valence-corrected chi connectivity index (χ2v) is 8.37. The summed E-state index contributed by atoms with van der Waals surface area (Å²) in [5, 5.41) is 0. The number of halogens is 1. The van der Waals surface area contributed by atoms with Crippen molar-refractivity contribution in [1.82, 2.24) is 9.80 Å². The number of ether oxygens (including phenoxy) is 1. The number of amides is 2. The number of para-hydroxylation sites is 1. The normalized spacial score (nSPS) is 32.2. The topological polar surface area (TPSA) is 49.9 Å². The van der Waals surface area contributed by atoms with E-state index >= 15 is 0 Å². The summed E-state index contributed by atoms with van der Waals surface area (Å²) in [7, 11) is 0. The molecule has 0 N–H and O–H groups in total. The van der Waals surface area contributed by atoms with Gasteiger partial charge >= 0.3 is 0 Å². The Balaban J connectivity index is 1.56. The molecule has 4 rings (SSSR count). The van der Waals surface area contributed by atoms with Crippen molar-refractivity contribution >= 4 is 11.8 Å². The minimum absolute atomic E-state index is 0.0707. The molecule has 27 heavy (non-hydrogen) atoms. The van der Waals surface area contributed by atoms with Crippen LogP contribution in [0.25, 0.3) is 0 Å². The second kappa shape index (κ2) is 6.80. The van der Waals surface area contributed by atoms with Gasteiger partial charge in [-0.25, -0.2) is 4.39 Å². The Kier molecular flexibility index (Phi) is 4.60. The van der Waals surface area contributed by atoms with E-state index < -0.39 is 5.82 Å². The third-order valence-corrected chi connectivity index (χ3v) is 6.79. The van der Waals surface area contributed by atoms with Gasteiger partial charge in [0, 0.05) is 31.0 Å². The van der Waals surface area contributed by atoms with Gasteiger partial charge in [0.25, 0.3) is 5.91 Å². The number of hydrogen-bond donors (Lipinski definition) is 0. The Morgan fingerprint density at radius 1 is 1.22 bits per heavy atom. The van der Waals surface area contributed by atoms with Crippen LogP contribution in [0.5, 0.6) is 5.75 Å². The summed E-state index contributed by atoms with van der Waals surface area (Å²) >= 11 is 0. The lowest BCUT2D eigenvalue weighted by Crippen LogP contribution is -2.56. The molecule has 2 heterocycles. The van der Waals surface area contributed by atoms with Crippen LogP contribution in [0.15, 0.2) is 24.3 Å². The first-order valence-corrected chi connectivity index (χ1v) is 9.87. The summed E-state index contributed by atoms with van der Waals surface area (Å²) in [4.78, 5) is 29.3. The molecular formula is C21H27FN2O3. The first kappa shape index (κ1) is 18.3. The number of fused-ring (bicyclic) bond motifs is 1. The first-order chi connectivity index (χ1) is 12.9. The van der Waals surface area contributed by atoms with Crippen molar-refractivity contribution in [3.8, 4) is 5.75 Å². The van der Waals surface area contributed by atoms with Crippen molar-refractivity contribution in [2.75, 3.05) is 13.2 Å². The molecule has 0 unspecified atom stereocenters. The zero-order valence-corrected chi connectivity index (χ0v) is 16.0. The lowest BCUT2D eigenvalue weighted by molar-refractivity contribution is -0.141. The highest BCUT2D eigenvalue weighted by atomic mass is 19.1. The smallest absolute Gasteiger partial charge is 0.260 e. The van der Waals surface area contributed by atoms with Gasteiger partial charge in [0.1, 0.15) is 0 Å². The van der Waals surface area contributed by atoms with E-state index in [4.69, 9.17) is 4.74 Å². The lowest BCUT2D eigenvalue weighted by atomic mass is 9.71. The van der Waals surface area contributed by atoms with Gasteiger partial charge in [-0.05, 0) is 31.4 Å². The van der Waals surface area contributed by atoms with Gasteiger partial charge < -0.3 is 14.5 Å². The van der Waals surface area contributed by atoms with Crippen LogP contribution in [0.3, 0.4) is 0 Å². The van der Waals surface area contributed by atoms with E-state index in [2.05, 4.69) is 6.92 Å². The number of benzene rings is 1. The average Bonchev–Trinajstić information content (AvgIpc) is 2.75. The molecule has 2 bridgehead atoms. The van der Waals surface area contributed by atoms with E-state index in [0.29, 0.717) is 6.54 Å². The minimum atomic E-state index is -0.465. The summed E-state index contributed by atoms with van der Waals surface area (Å²) < 4.78 is 19.3. The van der Waals surface area contributed by atoms with Gasteiger partial charge in [0.15, 0.2) is 18.2 Å². The van der Waals surface area contributed by atoms with Crippen LogP contribution in [0.2, 0.25) is 0 Å². The van der Waals surface area contributed by atoms with Crippen LogP contribution in [0.1, 0.15) is 46.0 Å². The average molecular weight is 374 g/mol. The minimum Gasteiger partial charge on any atom is -0.481 e. The zero-order chi connectivity index (χ0) is 19.2. The van der Waals surface area contributed by atoms with Crippen molar-refractivity contribution in [2.24, 2.45) is 5.41 Å². The molecule has 0 spiro atoms. The fraction of sp³-hybridized carbons (Fsp3) is 0.619. The van der Waals surface area contributed by atoms with Crippen LogP contribution in [-0.2, 0) is 9.59 Å². The van der Waals surface area contributed by atoms with Gasteiger partial charge in [-0.2, -0.15) is 0 Å². The maximum atomic E-state index is 13.8. The molecule has 4 atom stereocenters. The third kappa shape index (κ3) is 2.99. The fourth-order valence-electron chi connectivity index (χ4n) is 5.70. The Morgan fingerprint density at radius 3 is 2.63 bits per heavy atom. The zero-order valence-electron chi connectivity index (χ0n) is 16.0. The number of nitrogens with zero attached hydrogens (tertiary/aromatic N) is 2. The van der Waals surface area contributed by atoms with Crippen molar-refractivity contribution in [2.45, 2.75) is 64.1 Å². The van der Waals surface area contributed by atoms with Crippen molar-refractivity contribution < 1.29 is 18.7 Å². The number of carbonyl (C=O) groups is 2. The number of piperidine rings is 1. The summed E-state index contributed by atoms with van der Waals surface area (Å²) in [5.74, 6) is -0.383. The van der Waals surface area contributed by atoms with Crippen LogP contribution >= 0.6 is 0 Å². The second-order valence-electron chi connectivity index (χ2n) is 8.37. The maximum Gasteiger partial charge on any atom is 0.260 e. The molecule has 1 aliphatic carbocycles. The van der Waals surface area contributed by atoms with Crippen LogP contribution in [0.4, 0.5) is 4.39 Å². The lowest BCUT2D eigenvalue weighted by Gasteiger charge is -2.46. The number of likely N-dealkylation sites (tertiary alicyclic amines) is 2. The van der Waals surface area contributed by atoms with E-state index in [0.717, 1.165) is 32.1 Å². The molecule has 3 aliphatic rings. The van der Waals surface area contributed by atoms with E-state index in [-0.39, 0.29) is 47.7 Å². The van der Waals surface area contributed by atoms with Gasteiger partial charge in [-0.1, -0.05) is 31.9 Å². The van der Waals surface area contributed by atoms with Crippen molar-refractivity contribution in [1.29, 1.82) is 0 Å². The molecule has 146 valence electrons. The molecule has 0 radical (unpaired) electrons. The van der Waals surface area contributed by atoms with Crippen LogP contribution in [-0.4, -0.2) is 52.9 Å². The summed E-state index contributed by atoms with van der Waals surface area (Å²) in [5.41, 5.74) is -0.0707. The molecule has 1 aromatic carbocycles. The summed E-state index contributed by atoms with van der Waals surface area (Å²) in [6.45, 7) is 4.25. The quantitative estimate of drug-likeness (QED) is 0.817. The van der Waals surface area contributed by atoms with Crippen LogP contribution < -0.4 is 4.74 Å². The monoisotopic (exact) mass is 374 g/mol. The van der Waals surface area contributed by atoms with Gasteiger partial charge in [-0.3, -0.25) is 9.59 Å². The largest absolute Gasteiger partial charge is 0.481 e. The highest BCUT2D eigenvalue weighted by Gasteiger charge is 2.60. The molecule has 3 fully saturated rings. The predicted octanol–water partition coefficient (Wildman–Crippen LogP) is 2.99. The Morgan fingerprint density at radius 2 is 1.93 bits per heavy atom. The van der Waals surface area contributed by atoms with Gasteiger partial charge in [0.05, 0.1) is 6.04 Å². The molecule has 0 aromatic heterocycles. The third-order valence-electron chi connectivity index (χ3n) is 6.79. The van der Waals surface area contributed by atoms with Gasteiger partial charge in [0.2, 0.25) is 5.91 Å². The van der Waals surface area contributed by atoms with Crippen molar-refractivity contribution in [3.63, 3.8) is 0 Å². The maximum absolute atomic E-state index is 13.8. The Hall–Kier alpha value is -2.11. The Labute approximate surface area is 159 Å². The SMILES string of the molecule is CC(=O)N1[C@@H]2CN(C(=O)COc3ccccc3F)[C@@H]3CCCC[C@H]1[C@]3(C)C2. The molecule has 1 saturated carbocycles. The number of hydrogen-bond acceptors (Lipinski definition) is 3. The number of rotatable bonds is 3. The molecule has 6 heteroatoms. The highest BCUT2D eigenvalue weighted by molar-refractivity contribution is 5.79. The number of carbonyl (C=O) groups excluding carboxylic acids is 2. The first-order valence-electron chi connectivity index (χ1n) is 9.87. The molecule has 1 aromatic rings. The molecule has 2 saturated heterocycles. The molecule has 2 amide bonds. The van der Waals surface area contributed by atoms with Gasteiger partial charge in [-0.15, -0.1) is 0 Å².